The van der Waals surface area contributed by atoms with E-state index in [-0.39, 0.29) is 11.2 Å². The highest BCUT2D eigenvalue weighted by atomic mass is 32.2. The van der Waals surface area contributed by atoms with E-state index in [1.54, 1.807) is 0 Å². The zero-order valence-corrected chi connectivity index (χ0v) is 15.8. The second-order valence-electron chi connectivity index (χ2n) is 6.04. The number of aromatic nitrogens is 2. The van der Waals surface area contributed by atoms with Crippen LogP contribution in [0, 0.1) is 6.92 Å². The van der Waals surface area contributed by atoms with Gasteiger partial charge in [0.1, 0.15) is 0 Å². The Morgan fingerprint density at radius 2 is 1.96 bits per heavy atom. The van der Waals surface area contributed by atoms with Gasteiger partial charge < -0.3 is 9.73 Å². The van der Waals surface area contributed by atoms with Crippen LogP contribution >= 0.6 is 11.8 Å². The molecule has 1 atom stereocenters. The number of aryl methyl sites for hydroxylation is 2. The van der Waals surface area contributed by atoms with E-state index in [0.717, 1.165) is 23.2 Å². The van der Waals surface area contributed by atoms with Crippen LogP contribution in [0.4, 0.5) is 5.69 Å². The molecule has 134 valence electrons. The summed E-state index contributed by atoms with van der Waals surface area (Å²) in [4.78, 5) is 12.4. The molecule has 0 aliphatic heterocycles. The maximum Gasteiger partial charge on any atom is 0.277 e. The summed E-state index contributed by atoms with van der Waals surface area (Å²) in [5, 5.41) is 11.0. The van der Waals surface area contributed by atoms with Gasteiger partial charge in [-0.05, 0) is 50.1 Å². The molecule has 1 aromatic heterocycles. The van der Waals surface area contributed by atoms with Crippen molar-refractivity contribution in [3.8, 4) is 11.5 Å². The average molecular weight is 367 g/mol. The van der Waals surface area contributed by atoms with Crippen molar-refractivity contribution in [3.05, 3.63) is 59.7 Å². The van der Waals surface area contributed by atoms with E-state index in [1.165, 1.54) is 17.3 Å². The molecule has 3 rings (SSSR count). The van der Waals surface area contributed by atoms with Crippen molar-refractivity contribution in [2.45, 2.75) is 37.7 Å². The number of anilines is 1. The Labute approximate surface area is 157 Å². The third-order valence-electron chi connectivity index (χ3n) is 3.95. The summed E-state index contributed by atoms with van der Waals surface area (Å²) in [6, 6.07) is 15.7. The van der Waals surface area contributed by atoms with Crippen LogP contribution in [0.25, 0.3) is 11.5 Å². The summed E-state index contributed by atoms with van der Waals surface area (Å²) in [6.45, 7) is 5.92. The van der Waals surface area contributed by atoms with E-state index in [9.17, 15) is 4.79 Å². The van der Waals surface area contributed by atoms with E-state index >= 15 is 0 Å². The van der Waals surface area contributed by atoms with Gasteiger partial charge in [0.25, 0.3) is 5.22 Å². The van der Waals surface area contributed by atoms with Crippen LogP contribution in [-0.4, -0.2) is 21.4 Å². The van der Waals surface area contributed by atoms with Crippen molar-refractivity contribution >= 4 is 23.4 Å². The summed E-state index contributed by atoms with van der Waals surface area (Å²) in [5.41, 5.74) is 4.01. The van der Waals surface area contributed by atoms with Crippen LogP contribution in [0.1, 0.15) is 25.0 Å². The van der Waals surface area contributed by atoms with Gasteiger partial charge in [-0.2, -0.15) is 0 Å². The van der Waals surface area contributed by atoms with Gasteiger partial charge in [-0.15, -0.1) is 10.2 Å². The second kappa shape index (κ2) is 8.19. The fourth-order valence-electron chi connectivity index (χ4n) is 2.42. The van der Waals surface area contributed by atoms with Gasteiger partial charge in [0.05, 0.1) is 5.25 Å². The second-order valence-corrected chi connectivity index (χ2v) is 7.33. The predicted octanol–water partition coefficient (Wildman–Crippen LogP) is 4.73. The summed E-state index contributed by atoms with van der Waals surface area (Å²) >= 11 is 1.25. The van der Waals surface area contributed by atoms with Crippen LogP contribution in [0.5, 0.6) is 0 Å². The van der Waals surface area contributed by atoms with E-state index in [0.29, 0.717) is 11.1 Å². The monoisotopic (exact) mass is 367 g/mol. The number of hydrogen-bond acceptors (Lipinski definition) is 5. The zero-order chi connectivity index (χ0) is 18.5. The molecular weight excluding hydrogens is 346 g/mol. The topological polar surface area (TPSA) is 68.0 Å². The maximum absolute atomic E-state index is 12.4. The standard InChI is InChI=1S/C20H21N3O2S/c1-4-15-8-10-17(11-9-15)21-18(24)14(3)26-20-23-22-19(25-20)16-7-5-6-13(2)12-16/h5-12,14H,4H2,1-3H3,(H,21,24). The normalized spacial score (nSPS) is 12.0. The molecule has 3 aromatic rings. The molecule has 5 nitrogen and oxygen atoms in total. The first kappa shape index (κ1) is 18.2. The molecule has 1 heterocycles. The minimum Gasteiger partial charge on any atom is -0.411 e. The average Bonchev–Trinajstić information content (AvgIpc) is 3.11. The number of rotatable bonds is 6. The van der Waals surface area contributed by atoms with Gasteiger partial charge in [0.15, 0.2) is 0 Å². The van der Waals surface area contributed by atoms with Gasteiger partial charge >= 0.3 is 0 Å². The lowest BCUT2D eigenvalue weighted by molar-refractivity contribution is -0.115. The van der Waals surface area contributed by atoms with Gasteiger partial charge in [-0.1, -0.05) is 48.5 Å². The summed E-state index contributed by atoms with van der Waals surface area (Å²) in [5.74, 6) is 0.355. The van der Waals surface area contributed by atoms with Crippen LogP contribution < -0.4 is 5.32 Å². The lowest BCUT2D eigenvalue weighted by atomic mass is 10.1. The van der Waals surface area contributed by atoms with Crippen molar-refractivity contribution in [1.82, 2.24) is 10.2 Å². The fourth-order valence-corrected chi connectivity index (χ4v) is 3.11. The van der Waals surface area contributed by atoms with Crippen LogP contribution in [0.2, 0.25) is 0 Å². The van der Waals surface area contributed by atoms with Crippen molar-refractivity contribution in [1.29, 1.82) is 0 Å². The van der Waals surface area contributed by atoms with Crippen molar-refractivity contribution < 1.29 is 9.21 Å². The van der Waals surface area contributed by atoms with Crippen molar-refractivity contribution in [2.24, 2.45) is 0 Å². The van der Waals surface area contributed by atoms with E-state index in [2.05, 4.69) is 22.4 Å². The van der Waals surface area contributed by atoms with Crippen LogP contribution in [0.15, 0.2) is 58.2 Å². The Bertz CT molecular complexity index is 890. The third-order valence-corrected chi connectivity index (χ3v) is 4.88. The highest BCUT2D eigenvalue weighted by Crippen LogP contribution is 2.27. The molecule has 2 aromatic carbocycles. The first-order valence-corrected chi connectivity index (χ1v) is 9.40. The molecule has 0 saturated heterocycles. The highest BCUT2D eigenvalue weighted by molar-refractivity contribution is 8.00. The molecule has 0 bridgehead atoms. The minimum absolute atomic E-state index is 0.102. The Balaban J connectivity index is 1.62. The van der Waals surface area contributed by atoms with Gasteiger partial charge in [-0.25, -0.2) is 0 Å². The number of benzene rings is 2. The molecule has 1 N–H and O–H groups in total. The fraction of sp³-hybridized carbons (Fsp3) is 0.250. The number of thioether (sulfide) groups is 1. The number of carbonyl (C=O) groups excluding carboxylic acids is 1. The summed E-state index contributed by atoms with van der Waals surface area (Å²) in [7, 11) is 0. The molecule has 1 amide bonds. The SMILES string of the molecule is CCc1ccc(NC(=O)C(C)Sc2nnc(-c3cccc(C)c3)o2)cc1. The van der Waals surface area contributed by atoms with Gasteiger partial charge in [0.2, 0.25) is 11.8 Å². The smallest absolute Gasteiger partial charge is 0.277 e. The Hall–Kier alpha value is -2.60. The molecule has 0 aliphatic carbocycles. The van der Waals surface area contributed by atoms with E-state index < -0.39 is 0 Å². The Morgan fingerprint density at radius 1 is 1.19 bits per heavy atom. The lowest BCUT2D eigenvalue weighted by Crippen LogP contribution is -2.22. The Morgan fingerprint density at radius 3 is 2.65 bits per heavy atom. The van der Waals surface area contributed by atoms with Crippen molar-refractivity contribution in [3.63, 3.8) is 0 Å². The number of hydrogen-bond donors (Lipinski definition) is 1. The van der Waals surface area contributed by atoms with E-state index in [4.69, 9.17) is 4.42 Å². The van der Waals surface area contributed by atoms with Gasteiger partial charge in [-0.3, -0.25) is 4.79 Å². The molecule has 0 spiro atoms. The molecule has 26 heavy (non-hydrogen) atoms. The zero-order valence-electron chi connectivity index (χ0n) is 15.0. The predicted molar refractivity (Wildman–Crippen MR) is 104 cm³/mol. The molecular formula is C20H21N3O2S. The van der Waals surface area contributed by atoms with Crippen molar-refractivity contribution in [2.75, 3.05) is 5.32 Å². The maximum atomic E-state index is 12.4. The van der Waals surface area contributed by atoms with Crippen LogP contribution in [-0.2, 0) is 11.2 Å². The minimum atomic E-state index is -0.355. The lowest BCUT2D eigenvalue weighted by Gasteiger charge is -2.10. The Kier molecular flexibility index (Phi) is 5.73. The molecule has 0 saturated carbocycles. The van der Waals surface area contributed by atoms with Crippen LogP contribution in [0.3, 0.4) is 0 Å². The molecule has 0 radical (unpaired) electrons. The molecule has 6 heteroatoms. The first-order valence-electron chi connectivity index (χ1n) is 8.52. The number of carbonyl (C=O) groups is 1. The molecule has 1 unspecified atom stereocenters. The number of nitrogens with zero attached hydrogens (tertiary/aromatic N) is 2. The molecule has 0 fully saturated rings. The van der Waals surface area contributed by atoms with Gasteiger partial charge in [0, 0.05) is 11.3 Å². The van der Waals surface area contributed by atoms with E-state index in [1.807, 2.05) is 62.4 Å². The number of amides is 1. The quantitative estimate of drug-likeness (QED) is 0.638. The molecule has 0 aliphatic rings. The summed E-state index contributed by atoms with van der Waals surface area (Å²) < 4.78 is 5.69. The third kappa shape index (κ3) is 4.52. The highest BCUT2D eigenvalue weighted by Gasteiger charge is 2.19. The summed E-state index contributed by atoms with van der Waals surface area (Å²) in [6.07, 6.45) is 0.973. The first-order chi connectivity index (χ1) is 12.5. The number of nitrogens with one attached hydrogen (secondary N) is 1. The largest absolute Gasteiger partial charge is 0.411 e.